The summed E-state index contributed by atoms with van der Waals surface area (Å²) in [5.41, 5.74) is 2.05. The van der Waals surface area contributed by atoms with Crippen molar-refractivity contribution >= 4 is 6.08 Å². The molecule has 0 N–H and O–H groups in total. The molecule has 0 aromatic carbocycles. The Hall–Kier alpha value is -1.96. The summed E-state index contributed by atoms with van der Waals surface area (Å²) < 4.78 is 0. The maximum absolute atomic E-state index is 4.24. The van der Waals surface area contributed by atoms with Crippen LogP contribution in [-0.4, -0.2) is 9.97 Å². The van der Waals surface area contributed by atoms with E-state index in [2.05, 4.69) is 16.0 Å². The number of allylic oxidation sites excluding steroid dienone is 1. The average Bonchev–Trinajstić information content (AvgIpc) is 2.32. The predicted octanol–water partition coefficient (Wildman–Crippen LogP) is 2.73. The van der Waals surface area contributed by atoms with Crippen LogP contribution in [0.4, 0.5) is 0 Å². The smallest absolute Gasteiger partial charge is 0.0626 e. The largest absolute Gasteiger partial charge is 0.261 e. The fraction of sp³-hybridized carbons (Fsp3) is 0.0769. The van der Waals surface area contributed by atoms with Crippen molar-refractivity contribution < 1.29 is 0 Å². The molecular formula is C13H12N2. The van der Waals surface area contributed by atoms with Gasteiger partial charge in [-0.15, -0.1) is 0 Å². The summed E-state index contributed by atoms with van der Waals surface area (Å²) in [5.74, 6) is 0. The minimum atomic E-state index is 0.845. The van der Waals surface area contributed by atoms with Gasteiger partial charge in [-0.25, -0.2) is 0 Å². The Morgan fingerprint density at radius 2 is 1.73 bits per heavy atom. The van der Waals surface area contributed by atoms with Gasteiger partial charge in [0.25, 0.3) is 0 Å². The molecule has 2 aromatic heterocycles. The molecular weight excluding hydrogens is 184 g/mol. The molecule has 0 aliphatic carbocycles. The number of aromatic nitrogens is 2. The molecule has 2 heterocycles. The van der Waals surface area contributed by atoms with Gasteiger partial charge in [0.1, 0.15) is 0 Å². The molecule has 0 bridgehead atoms. The van der Waals surface area contributed by atoms with Crippen molar-refractivity contribution in [2.45, 2.75) is 6.42 Å². The first-order chi connectivity index (χ1) is 7.45. The fourth-order valence-electron chi connectivity index (χ4n) is 1.29. The van der Waals surface area contributed by atoms with Crippen LogP contribution in [0.3, 0.4) is 0 Å². The average molecular weight is 196 g/mol. The van der Waals surface area contributed by atoms with E-state index in [0.29, 0.717) is 0 Å². The summed E-state index contributed by atoms with van der Waals surface area (Å²) in [4.78, 5) is 8.44. The zero-order valence-electron chi connectivity index (χ0n) is 8.38. The van der Waals surface area contributed by atoms with E-state index in [9.17, 15) is 0 Å². The van der Waals surface area contributed by atoms with Crippen LogP contribution in [0.25, 0.3) is 6.08 Å². The molecule has 2 aromatic rings. The monoisotopic (exact) mass is 196 g/mol. The lowest BCUT2D eigenvalue weighted by molar-refractivity contribution is 1.11. The van der Waals surface area contributed by atoms with Crippen LogP contribution < -0.4 is 0 Å². The minimum Gasteiger partial charge on any atom is -0.261 e. The van der Waals surface area contributed by atoms with Crippen molar-refractivity contribution in [2.24, 2.45) is 0 Å². The van der Waals surface area contributed by atoms with Gasteiger partial charge < -0.3 is 0 Å². The van der Waals surface area contributed by atoms with E-state index in [1.54, 1.807) is 6.20 Å². The third-order valence-electron chi connectivity index (χ3n) is 2.03. The molecule has 74 valence electrons. The van der Waals surface area contributed by atoms with Crippen LogP contribution >= 0.6 is 0 Å². The quantitative estimate of drug-likeness (QED) is 0.754. The van der Waals surface area contributed by atoms with E-state index < -0.39 is 0 Å². The SMILES string of the molecule is C(=Cc1ccccn1)Cc1ccccn1. The van der Waals surface area contributed by atoms with E-state index in [1.807, 2.05) is 48.7 Å². The minimum absolute atomic E-state index is 0.845. The highest BCUT2D eigenvalue weighted by Gasteiger charge is 1.88. The lowest BCUT2D eigenvalue weighted by Gasteiger charge is -1.93. The van der Waals surface area contributed by atoms with Crippen LogP contribution in [0.2, 0.25) is 0 Å². The van der Waals surface area contributed by atoms with Gasteiger partial charge in [0.05, 0.1) is 5.69 Å². The van der Waals surface area contributed by atoms with Gasteiger partial charge in [-0.1, -0.05) is 18.2 Å². The lowest BCUT2D eigenvalue weighted by Crippen LogP contribution is -1.84. The summed E-state index contributed by atoms with van der Waals surface area (Å²) in [7, 11) is 0. The van der Waals surface area contributed by atoms with E-state index in [-0.39, 0.29) is 0 Å². The Bertz CT molecular complexity index is 421. The third kappa shape index (κ3) is 3.02. The maximum atomic E-state index is 4.24. The molecule has 0 aliphatic heterocycles. The number of hydrogen-bond donors (Lipinski definition) is 0. The third-order valence-corrected chi connectivity index (χ3v) is 2.03. The lowest BCUT2D eigenvalue weighted by atomic mass is 10.2. The van der Waals surface area contributed by atoms with E-state index in [0.717, 1.165) is 17.8 Å². The second-order valence-electron chi connectivity index (χ2n) is 3.18. The summed E-state index contributed by atoms with van der Waals surface area (Å²) in [6.07, 6.45) is 8.53. The zero-order valence-corrected chi connectivity index (χ0v) is 8.38. The molecule has 0 saturated carbocycles. The van der Waals surface area contributed by atoms with Crippen molar-refractivity contribution in [3.63, 3.8) is 0 Å². The highest BCUT2D eigenvalue weighted by molar-refractivity contribution is 5.44. The predicted molar refractivity (Wildman–Crippen MR) is 61.2 cm³/mol. The normalized spacial score (nSPS) is 10.7. The van der Waals surface area contributed by atoms with E-state index >= 15 is 0 Å². The van der Waals surface area contributed by atoms with Gasteiger partial charge in [0.15, 0.2) is 0 Å². The molecule has 0 unspecified atom stereocenters. The summed E-state index contributed by atoms with van der Waals surface area (Å²) in [5, 5.41) is 0. The molecule has 0 spiro atoms. The molecule has 0 radical (unpaired) electrons. The molecule has 2 nitrogen and oxygen atoms in total. The molecule has 15 heavy (non-hydrogen) atoms. The van der Waals surface area contributed by atoms with Crippen molar-refractivity contribution in [3.05, 3.63) is 66.3 Å². The zero-order chi connectivity index (χ0) is 10.3. The standard InChI is InChI=1S/C13H12N2/c1-3-10-14-12(6-1)8-5-9-13-7-2-4-11-15-13/h1-8,10-11H,9H2. The molecule has 0 aliphatic rings. The Labute approximate surface area is 89.3 Å². The summed E-state index contributed by atoms with van der Waals surface area (Å²) >= 11 is 0. The summed E-state index contributed by atoms with van der Waals surface area (Å²) in [6, 6.07) is 11.8. The first-order valence-corrected chi connectivity index (χ1v) is 4.92. The second kappa shape index (κ2) is 5.05. The number of pyridine rings is 2. The Morgan fingerprint density at radius 3 is 2.40 bits per heavy atom. The molecule has 0 atom stereocenters. The van der Waals surface area contributed by atoms with Gasteiger partial charge >= 0.3 is 0 Å². The van der Waals surface area contributed by atoms with Gasteiger partial charge in [-0.3, -0.25) is 9.97 Å². The number of nitrogens with zero attached hydrogens (tertiary/aromatic N) is 2. The highest BCUT2D eigenvalue weighted by atomic mass is 14.7. The topological polar surface area (TPSA) is 25.8 Å². The Balaban J connectivity index is 1.97. The van der Waals surface area contributed by atoms with Crippen molar-refractivity contribution in [1.82, 2.24) is 9.97 Å². The van der Waals surface area contributed by atoms with Crippen LogP contribution in [0.15, 0.2) is 54.9 Å². The number of rotatable bonds is 3. The highest BCUT2D eigenvalue weighted by Crippen LogP contribution is 2.00. The molecule has 2 heteroatoms. The fourth-order valence-corrected chi connectivity index (χ4v) is 1.29. The van der Waals surface area contributed by atoms with Crippen molar-refractivity contribution in [1.29, 1.82) is 0 Å². The van der Waals surface area contributed by atoms with E-state index in [1.165, 1.54) is 0 Å². The first-order valence-electron chi connectivity index (χ1n) is 4.92. The molecule has 0 amide bonds. The second-order valence-corrected chi connectivity index (χ2v) is 3.18. The van der Waals surface area contributed by atoms with Crippen LogP contribution in [0, 0.1) is 0 Å². The van der Waals surface area contributed by atoms with Gasteiger partial charge in [-0.05, 0) is 30.3 Å². The number of hydrogen-bond acceptors (Lipinski definition) is 2. The van der Waals surface area contributed by atoms with Crippen LogP contribution in [-0.2, 0) is 6.42 Å². The Morgan fingerprint density at radius 1 is 0.933 bits per heavy atom. The molecule has 2 rings (SSSR count). The van der Waals surface area contributed by atoms with Crippen LogP contribution in [0.5, 0.6) is 0 Å². The molecule has 0 fully saturated rings. The Kier molecular flexibility index (Phi) is 3.23. The molecule has 0 saturated heterocycles. The maximum Gasteiger partial charge on any atom is 0.0626 e. The first kappa shape index (κ1) is 9.59. The van der Waals surface area contributed by atoms with Gasteiger partial charge in [0, 0.05) is 24.5 Å². The summed E-state index contributed by atoms with van der Waals surface area (Å²) in [6.45, 7) is 0. The van der Waals surface area contributed by atoms with Gasteiger partial charge in [-0.2, -0.15) is 0 Å². The van der Waals surface area contributed by atoms with E-state index in [4.69, 9.17) is 0 Å². The van der Waals surface area contributed by atoms with Gasteiger partial charge in [0.2, 0.25) is 0 Å². The van der Waals surface area contributed by atoms with Crippen LogP contribution in [0.1, 0.15) is 11.4 Å². The van der Waals surface area contributed by atoms with Crippen molar-refractivity contribution in [2.75, 3.05) is 0 Å². The van der Waals surface area contributed by atoms with Crippen molar-refractivity contribution in [3.8, 4) is 0 Å².